The average molecular weight is 250 g/mol. The van der Waals surface area contributed by atoms with Gasteiger partial charge in [0.2, 0.25) is 0 Å². The first-order valence-corrected chi connectivity index (χ1v) is 6.76. The molecule has 3 heteroatoms. The zero-order valence-corrected chi connectivity index (χ0v) is 11.9. The minimum Gasteiger partial charge on any atom is -0.494 e. The highest BCUT2D eigenvalue weighted by atomic mass is 16.5. The summed E-state index contributed by atoms with van der Waals surface area (Å²) in [6, 6.07) is 8.34. The highest BCUT2D eigenvalue weighted by molar-refractivity contribution is 5.27. The van der Waals surface area contributed by atoms with Crippen molar-refractivity contribution in [1.82, 2.24) is 4.90 Å². The molecule has 3 nitrogen and oxygen atoms in total. The van der Waals surface area contributed by atoms with E-state index in [2.05, 4.69) is 31.0 Å². The van der Waals surface area contributed by atoms with E-state index >= 15 is 0 Å². The van der Waals surface area contributed by atoms with E-state index < -0.39 is 0 Å². The van der Waals surface area contributed by atoms with Crippen LogP contribution < -0.4 is 10.5 Å². The van der Waals surface area contributed by atoms with Gasteiger partial charge in [-0.1, -0.05) is 19.1 Å². The normalized spacial score (nSPS) is 12.7. The van der Waals surface area contributed by atoms with E-state index in [-0.39, 0.29) is 0 Å². The number of hydrogen-bond acceptors (Lipinski definition) is 3. The third-order valence-electron chi connectivity index (χ3n) is 3.09. The van der Waals surface area contributed by atoms with Gasteiger partial charge in [0.15, 0.2) is 0 Å². The summed E-state index contributed by atoms with van der Waals surface area (Å²) >= 11 is 0. The molecule has 0 saturated carbocycles. The van der Waals surface area contributed by atoms with Crippen molar-refractivity contribution in [2.75, 3.05) is 26.7 Å². The Balaban J connectivity index is 2.37. The van der Waals surface area contributed by atoms with Crippen LogP contribution in [0.1, 0.15) is 25.8 Å². The Morgan fingerprint density at radius 2 is 1.94 bits per heavy atom. The summed E-state index contributed by atoms with van der Waals surface area (Å²) < 4.78 is 5.43. The highest BCUT2D eigenvalue weighted by Crippen LogP contribution is 2.13. The van der Waals surface area contributed by atoms with Crippen LogP contribution in [0.15, 0.2) is 24.3 Å². The molecule has 0 aliphatic heterocycles. The molecule has 0 aliphatic rings. The molecule has 102 valence electrons. The standard InChI is InChI=1S/C15H26N2O/c1-4-18-15-7-5-14(6-8-15)12-17(3)10-9-13(2)11-16/h5-8,13H,4,9-12,16H2,1-3H3. The molecular weight excluding hydrogens is 224 g/mol. The van der Waals surface area contributed by atoms with E-state index in [4.69, 9.17) is 10.5 Å². The fourth-order valence-corrected chi connectivity index (χ4v) is 1.81. The molecule has 0 saturated heterocycles. The molecule has 0 spiro atoms. The molecular formula is C15H26N2O. The van der Waals surface area contributed by atoms with E-state index in [0.717, 1.165) is 38.4 Å². The smallest absolute Gasteiger partial charge is 0.119 e. The summed E-state index contributed by atoms with van der Waals surface area (Å²) in [5, 5.41) is 0. The summed E-state index contributed by atoms with van der Waals surface area (Å²) in [4.78, 5) is 2.34. The Morgan fingerprint density at radius 3 is 2.50 bits per heavy atom. The first-order valence-electron chi connectivity index (χ1n) is 6.76. The minimum absolute atomic E-state index is 0.604. The number of hydrogen-bond donors (Lipinski definition) is 1. The maximum atomic E-state index is 5.62. The topological polar surface area (TPSA) is 38.5 Å². The van der Waals surface area contributed by atoms with Crippen LogP contribution in [0.4, 0.5) is 0 Å². The maximum Gasteiger partial charge on any atom is 0.119 e. The SMILES string of the molecule is CCOc1ccc(CN(C)CCC(C)CN)cc1. The number of nitrogens with zero attached hydrogens (tertiary/aromatic N) is 1. The van der Waals surface area contributed by atoms with Crippen LogP contribution >= 0.6 is 0 Å². The molecule has 0 heterocycles. The zero-order valence-electron chi connectivity index (χ0n) is 11.9. The fourth-order valence-electron chi connectivity index (χ4n) is 1.81. The molecule has 0 radical (unpaired) electrons. The molecule has 1 atom stereocenters. The Bertz CT molecular complexity index is 324. The summed E-state index contributed by atoms with van der Waals surface area (Å²) in [5.41, 5.74) is 6.94. The van der Waals surface area contributed by atoms with Crippen LogP contribution in [0, 0.1) is 5.92 Å². The molecule has 1 aromatic carbocycles. The van der Waals surface area contributed by atoms with Crippen molar-refractivity contribution in [3.05, 3.63) is 29.8 Å². The summed E-state index contributed by atoms with van der Waals surface area (Å²) in [6.45, 7) is 7.76. The van der Waals surface area contributed by atoms with Gasteiger partial charge in [-0.15, -0.1) is 0 Å². The van der Waals surface area contributed by atoms with Gasteiger partial charge in [-0.25, -0.2) is 0 Å². The highest BCUT2D eigenvalue weighted by Gasteiger charge is 2.04. The lowest BCUT2D eigenvalue weighted by molar-refractivity contribution is 0.299. The molecule has 18 heavy (non-hydrogen) atoms. The lowest BCUT2D eigenvalue weighted by Crippen LogP contribution is -2.23. The van der Waals surface area contributed by atoms with E-state index in [1.165, 1.54) is 5.56 Å². The summed E-state index contributed by atoms with van der Waals surface area (Å²) in [6.07, 6.45) is 1.16. The molecule has 1 unspecified atom stereocenters. The number of nitrogens with two attached hydrogens (primary N) is 1. The Hall–Kier alpha value is -1.06. The Morgan fingerprint density at radius 1 is 1.28 bits per heavy atom. The fraction of sp³-hybridized carbons (Fsp3) is 0.600. The Labute approximate surface area is 111 Å². The lowest BCUT2D eigenvalue weighted by atomic mass is 10.1. The van der Waals surface area contributed by atoms with Crippen molar-refractivity contribution in [3.8, 4) is 5.75 Å². The van der Waals surface area contributed by atoms with Gasteiger partial charge in [0, 0.05) is 6.54 Å². The molecule has 0 bridgehead atoms. The van der Waals surface area contributed by atoms with Gasteiger partial charge < -0.3 is 15.4 Å². The van der Waals surface area contributed by atoms with E-state index in [1.54, 1.807) is 0 Å². The van der Waals surface area contributed by atoms with Crippen LogP contribution in [0.3, 0.4) is 0 Å². The number of rotatable bonds is 8. The summed E-state index contributed by atoms with van der Waals surface area (Å²) in [5.74, 6) is 1.55. The predicted molar refractivity (Wildman–Crippen MR) is 76.8 cm³/mol. The van der Waals surface area contributed by atoms with Crippen molar-refractivity contribution in [2.45, 2.75) is 26.8 Å². The maximum absolute atomic E-state index is 5.62. The molecule has 0 amide bonds. The monoisotopic (exact) mass is 250 g/mol. The predicted octanol–water partition coefficient (Wildman–Crippen LogP) is 2.50. The molecule has 0 aromatic heterocycles. The van der Waals surface area contributed by atoms with Gasteiger partial charge in [-0.2, -0.15) is 0 Å². The van der Waals surface area contributed by atoms with Gasteiger partial charge in [-0.05, 0) is 57.1 Å². The third kappa shape index (κ3) is 5.52. The van der Waals surface area contributed by atoms with E-state index in [0.29, 0.717) is 5.92 Å². The molecule has 1 rings (SSSR count). The second-order valence-corrected chi connectivity index (χ2v) is 4.94. The molecule has 0 aliphatic carbocycles. The van der Waals surface area contributed by atoms with Crippen molar-refractivity contribution < 1.29 is 4.74 Å². The van der Waals surface area contributed by atoms with Gasteiger partial charge in [-0.3, -0.25) is 0 Å². The van der Waals surface area contributed by atoms with Crippen LogP contribution in [0.25, 0.3) is 0 Å². The van der Waals surface area contributed by atoms with Crippen LogP contribution in [-0.4, -0.2) is 31.6 Å². The largest absolute Gasteiger partial charge is 0.494 e. The zero-order chi connectivity index (χ0) is 13.4. The van der Waals surface area contributed by atoms with Crippen molar-refractivity contribution in [3.63, 3.8) is 0 Å². The van der Waals surface area contributed by atoms with Gasteiger partial charge in [0.1, 0.15) is 5.75 Å². The van der Waals surface area contributed by atoms with Crippen molar-refractivity contribution in [2.24, 2.45) is 11.7 Å². The first kappa shape index (κ1) is 15.0. The van der Waals surface area contributed by atoms with Crippen molar-refractivity contribution in [1.29, 1.82) is 0 Å². The first-order chi connectivity index (χ1) is 8.65. The number of benzene rings is 1. The van der Waals surface area contributed by atoms with Crippen LogP contribution in [-0.2, 0) is 6.54 Å². The second kappa shape index (κ2) is 8.11. The second-order valence-electron chi connectivity index (χ2n) is 4.94. The minimum atomic E-state index is 0.604. The van der Waals surface area contributed by atoms with Gasteiger partial charge in [0.05, 0.1) is 6.61 Å². The molecule has 2 N–H and O–H groups in total. The van der Waals surface area contributed by atoms with Gasteiger partial charge >= 0.3 is 0 Å². The summed E-state index contributed by atoms with van der Waals surface area (Å²) in [7, 11) is 2.15. The quantitative estimate of drug-likeness (QED) is 0.770. The van der Waals surface area contributed by atoms with E-state index in [1.807, 2.05) is 19.1 Å². The van der Waals surface area contributed by atoms with Crippen molar-refractivity contribution >= 4 is 0 Å². The third-order valence-corrected chi connectivity index (χ3v) is 3.09. The number of ether oxygens (including phenoxy) is 1. The molecule has 1 aromatic rings. The van der Waals surface area contributed by atoms with Gasteiger partial charge in [0.25, 0.3) is 0 Å². The van der Waals surface area contributed by atoms with Crippen LogP contribution in [0.5, 0.6) is 5.75 Å². The molecule has 0 fully saturated rings. The lowest BCUT2D eigenvalue weighted by Gasteiger charge is -2.18. The average Bonchev–Trinajstić information content (AvgIpc) is 2.38. The van der Waals surface area contributed by atoms with E-state index in [9.17, 15) is 0 Å². The van der Waals surface area contributed by atoms with Crippen LogP contribution in [0.2, 0.25) is 0 Å². The Kier molecular flexibility index (Phi) is 6.76.